The van der Waals surface area contributed by atoms with Crippen LogP contribution in [0.4, 0.5) is 0 Å². The summed E-state index contributed by atoms with van der Waals surface area (Å²) in [4.78, 5) is 6.91. The Morgan fingerprint density at radius 2 is 1.88 bits per heavy atom. The van der Waals surface area contributed by atoms with Crippen molar-refractivity contribution in [3.8, 4) is 0 Å². The minimum absolute atomic E-state index is 0.122. The maximum absolute atomic E-state index is 5.76. The van der Waals surface area contributed by atoms with Crippen LogP contribution in [-0.2, 0) is 11.3 Å². The first-order chi connectivity index (χ1) is 12.1. The van der Waals surface area contributed by atoms with Gasteiger partial charge < -0.3 is 9.26 Å². The molecule has 5 nitrogen and oxygen atoms in total. The summed E-state index contributed by atoms with van der Waals surface area (Å²) in [6.45, 7) is 9.81. The van der Waals surface area contributed by atoms with E-state index in [1.165, 1.54) is 18.4 Å². The maximum atomic E-state index is 5.76. The molecule has 1 aliphatic rings. The van der Waals surface area contributed by atoms with Gasteiger partial charge in [0.2, 0.25) is 5.89 Å². The predicted molar refractivity (Wildman–Crippen MR) is 97.2 cm³/mol. The number of piperidine rings is 1. The Morgan fingerprint density at radius 3 is 2.56 bits per heavy atom. The third-order valence-corrected chi connectivity index (χ3v) is 4.74. The topological polar surface area (TPSA) is 51.4 Å². The van der Waals surface area contributed by atoms with E-state index in [1.54, 1.807) is 0 Å². The molecular weight excluding hydrogens is 314 g/mol. The van der Waals surface area contributed by atoms with Gasteiger partial charge in [0.1, 0.15) is 6.10 Å². The van der Waals surface area contributed by atoms with Crippen molar-refractivity contribution in [3.05, 3.63) is 47.6 Å². The summed E-state index contributed by atoms with van der Waals surface area (Å²) in [5.74, 6) is 2.50. The van der Waals surface area contributed by atoms with Gasteiger partial charge in [0.15, 0.2) is 5.82 Å². The molecule has 2 aromatic rings. The van der Waals surface area contributed by atoms with Gasteiger partial charge in [0, 0.05) is 6.61 Å². The van der Waals surface area contributed by atoms with Gasteiger partial charge in [0.25, 0.3) is 0 Å². The second-order valence-corrected chi connectivity index (χ2v) is 7.38. The Labute approximate surface area is 150 Å². The van der Waals surface area contributed by atoms with Crippen LogP contribution in [0.25, 0.3) is 0 Å². The minimum Gasteiger partial charge on any atom is -0.370 e. The van der Waals surface area contributed by atoms with Crippen LogP contribution >= 0.6 is 0 Å². The fraction of sp³-hybridized carbons (Fsp3) is 0.600. The third kappa shape index (κ3) is 5.13. The molecule has 2 heterocycles. The second-order valence-electron chi connectivity index (χ2n) is 7.38. The van der Waals surface area contributed by atoms with E-state index in [2.05, 4.69) is 59.2 Å². The molecule has 1 aliphatic heterocycles. The van der Waals surface area contributed by atoms with Crippen LogP contribution in [0, 0.1) is 5.92 Å². The van der Waals surface area contributed by atoms with E-state index in [1.807, 2.05) is 6.92 Å². The van der Waals surface area contributed by atoms with E-state index in [9.17, 15) is 0 Å². The lowest BCUT2D eigenvalue weighted by molar-refractivity contribution is 0.0402. The zero-order chi connectivity index (χ0) is 17.6. The largest absolute Gasteiger partial charge is 0.370 e. The fourth-order valence-corrected chi connectivity index (χ4v) is 3.25. The predicted octanol–water partition coefficient (Wildman–Crippen LogP) is 4.18. The molecule has 3 rings (SSSR count). The molecule has 0 radical (unpaired) electrons. The zero-order valence-electron chi connectivity index (χ0n) is 15.5. The molecule has 1 atom stereocenters. The van der Waals surface area contributed by atoms with Crippen molar-refractivity contribution >= 4 is 0 Å². The normalized spacial score (nSPS) is 17.9. The van der Waals surface area contributed by atoms with E-state index in [0.29, 0.717) is 30.2 Å². The first kappa shape index (κ1) is 18.1. The molecule has 0 N–H and O–H groups in total. The van der Waals surface area contributed by atoms with Crippen LogP contribution < -0.4 is 0 Å². The molecule has 1 aromatic carbocycles. The quantitative estimate of drug-likeness (QED) is 0.755. The van der Waals surface area contributed by atoms with Crippen molar-refractivity contribution in [2.24, 2.45) is 5.92 Å². The summed E-state index contributed by atoms with van der Waals surface area (Å²) in [5, 5.41) is 4.08. The van der Waals surface area contributed by atoms with Crippen molar-refractivity contribution in [2.75, 3.05) is 19.7 Å². The number of likely N-dealkylation sites (tertiary alicyclic amines) is 1. The van der Waals surface area contributed by atoms with Crippen molar-refractivity contribution in [2.45, 2.75) is 52.2 Å². The number of aromatic nitrogens is 2. The lowest BCUT2D eigenvalue weighted by atomic mass is 9.89. The average Bonchev–Trinajstić information content (AvgIpc) is 3.09. The smallest absolute Gasteiger partial charge is 0.240 e. The van der Waals surface area contributed by atoms with Gasteiger partial charge in [-0.15, -0.1) is 0 Å². The lowest BCUT2D eigenvalue weighted by Gasteiger charge is -2.31. The summed E-state index contributed by atoms with van der Waals surface area (Å²) in [7, 11) is 0. The van der Waals surface area contributed by atoms with Crippen molar-refractivity contribution in [1.29, 1.82) is 0 Å². The molecule has 0 aliphatic carbocycles. The Kier molecular flexibility index (Phi) is 6.21. The monoisotopic (exact) mass is 343 g/mol. The van der Waals surface area contributed by atoms with E-state index in [4.69, 9.17) is 9.26 Å². The molecule has 0 spiro atoms. The van der Waals surface area contributed by atoms with Crippen LogP contribution in [0.2, 0.25) is 0 Å². The zero-order valence-corrected chi connectivity index (χ0v) is 15.5. The standard InChI is InChI=1S/C20H29N3O2/c1-15(2)14-24-16(3)20-21-19(25-22-20)13-23-11-9-18(10-12-23)17-7-5-4-6-8-17/h4-8,15-16,18H,9-14H2,1-3H3. The lowest BCUT2D eigenvalue weighted by Crippen LogP contribution is -2.32. The molecule has 5 heteroatoms. The highest BCUT2D eigenvalue weighted by Crippen LogP contribution is 2.28. The molecule has 0 saturated carbocycles. The first-order valence-corrected chi connectivity index (χ1v) is 9.33. The maximum Gasteiger partial charge on any atom is 0.240 e. The summed E-state index contributed by atoms with van der Waals surface area (Å²) < 4.78 is 11.2. The van der Waals surface area contributed by atoms with Gasteiger partial charge in [-0.1, -0.05) is 49.3 Å². The van der Waals surface area contributed by atoms with Crippen LogP contribution in [0.1, 0.15) is 62.9 Å². The number of nitrogens with zero attached hydrogens (tertiary/aromatic N) is 3. The first-order valence-electron chi connectivity index (χ1n) is 9.33. The number of benzene rings is 1. The SMILES string of the molecule is CC(C)COC(C)c1noc(CN2CCC(c3ccccc3)CC2)n1. The number of ether oxygens (including phenoxy) is 1. The van der Waals surface area contributed by atoms with Gasteiger partial charge in [-0.05, 0) is 50.3 Å². The van der Waals surface area contributed by atoms with Gasteiger partial charge in [-0.3, -0.25) is 4.90 Å². The van der Waals surface area contributed by atoms with Gasteiger partial charge in [-0.25, -0.2) is 0 Å². The highest BCUT2D eigenvalue weighted by molar-refractivity contribution is 5.20. The highest BCUT2D eigenvalue weighted by Gasteiger charge is 2.22. The van der Waals surface area contributed by atoms with Crippen molar-refractivity contribution < 1.29 is 9.26 Å². The molecule has 25 heavy (non-hydrogen) atoms. The number of hydrogen-bond acceptors (Lipinski definition) is 5. The summed E-state index contributed by atoms with van der Waals surface area (Å²) >= 11 is 0. The molecule has 0 amide bonds. The van der Waals surface area contributed by atoms with Gasteiger partial charge in [-0.2, -0.15) is 4.98 Å². The fourth-order valence-electron chi connectivity index (χ4n) is 3.25. The van der Waals surface area contributed by atoms with Crippen LogP contribution in [0.15, 0.2) is 34.9 Å². The van der Waals surface area contributed by atoms with E-state index >= 15 is 0 Å². The average molecular weight is 343 g/mol. The number of hydrogen-bond donors (Lipinski definition) is 0. The number of rotatable bonds is 7. The van der Waals surface area contributed by atoms with E-state index in [0.717, 1.165) is 19.6 Å². The Morgan fingerprint density at radius 1 is 1.16 bits per heavy atom. The Balaban J connectivity index is 1.48. The third-order valence-electron chi connectivity index (χ3n) is 4.74. The Bertz CT molecular complexity index is 633. The summed E-state index contributed by atoms with van der Waals surface area (Å²) in [6.07, 6.45) is 2.24. The highest BCUT2D eigenvalue weighted by atomic mass is 16.5. The van der Waals surface area contributed by atoms with Gasteiger partial charge in [0.05, 0.1) is 6.54 Å². The molecule has 1 fully saturated rings. The molecule has 0 bridgehead atoms. The minimum atomic E-state index is -0.122. The van der Waals surface area contributed by atoms with Crippen molar-refractivity contribution in [3.63, 3.8) is 0 Å². The van der Waals surface area contributed by atoms with Crippen LogP contribution in [-0.4, -0.2) is 34.7 Å². The molecule has 136 valence electrons. The summed E-state index contributed by atoms with van der Waals surface area (Å²) in [5.41, 5.74) is 1.46. The van der Waals surface area contributed by atoms with Crippen LogP contribution in [0.3, 0.4) is 0 Å². The summed E-state index contributed by atoms with van der Waals surface area (Å²) in [6, 6.07) is 10.8. The van der Waals surface area contributed by atoms with Crippen molar-refractivity contribution in [1.82, 2.24) is 15.0 Å². The van der Waals surface area contributed by atoms with E-state index < -0.39 is 0 Å². The molecule has 1 unspecified atom stereocenters. The van der Waals surface area contributed by atoms with E-state index in [-0.39, 0.29) is 6.10 Å². The van der Waals surface area contributed by atoms with Crippen LogP contribution in [0.5, 0.6) is 0 Å². The molecular formula is C20H29N3O2. The van der Waals surface area contributed by atoms with Gasteiger partial charge >= 0.3 is 0 Å². The molecule has 1 saturated heterocycles. The Hall–Kier alpha value is -1.72. The molecule has 1 aromatic heterocycles. The second kappa shape index (κ2) is 8.59.